The van der Waals surface area contributed by atoms with Gasteiger partial charge in [0.05, 0.1) is 18.9 Å². The van der Waals surface area contributed by atoms with E-state index in [9.17, 15) is 13.2 Å². The van der Waals surface area contributed by atoms with E-state index in [-0.39, 0.29) is 11.7 Å². The van der Waals surface area contributed by atoms with Gasteiger partial charge in [0.15, 0.2) is 9.84 Å². The number of para-hydroxylation sites is 1. The van der Waals surface area contributed by atoms with Gasteiger partial charge in [0.1, 0.15) is 11.5 Å². The molecule has 0 spiro atoms. The number of ether oxygens (including phenoxy) is 1. The van der Waals surface area contributed by atoms with Crippen LogP contribution in [0.2, 0.25) is 0 Å². The van der Waals surface area contributed by atoms with Crippen LogP contribution in [0.5, 0.6) is 5.75 Å². The molecule has 1 N–H and O–H groups in total. The second-order valence-electron chi connectivity index (χ2n) is 6.60. The van der Waals surface area contributed by atoms with Gasteiger partial charge in [-0.1, -0.05) is 62.4 Å². The van der Waals surface area contributed by atoms with Gasteiger partial charge in [-0.15, -0.1) is 0 Å². The number of hydrogen-bond donors (Lipinski definition) is 1. The molecule has 6 heteroatoms. The van der Waals surface area contributed by atoms with Crippen molar-refractivity contribution in [2.24, 2.45) is 5.92 Å². The highest BCUT2D eigenvalue weighted by molar-refractivity contribution is 7.92. The van der Waals surface area contributed by atoms with Crippen molar-refractivity contribution in [3.63, 3.8) is 0 Å². The highest BCUT2D eigenvalue weighted by atomic mass is 32.2. The molecule has 0 radical (unpaired) electrons. The molecule has 26 heavy (non-hydrogen) atoms. The van der Waals surface area contributed by atoms with Gasteiger partial charge in [0.2, 0.25) is 5.91 Å². The van der Waals surface area contributed by atoms with Crippen LogP contribution in [0.4, 0.5) is 0 Å². The summed E-state index contributed by atoms with van der Waals surface area (Å²) in [5, 5.41) is 2.86. The van der Waals surface area contributed by atoms with Gasteiger partial charge >= 0.3 is 0 Å². The normalized spacial score (nSPS) is 12.6. The smallest absolute Gasteiger partial charge is 0.235 e. The summed E-state index contributed by atoms with van der Waals surface area (Å²) >= 11 is 0. The van der Waals surface area contributed by atoms with E-state index in [1.807, 2.05) is 68.4 Å². The molecule has 2 aromatic rings. The van der Waals surface area contributed by atoms with E-state index < -0.39 is 27.5 Å². The Morgan fingerprint density at radius 2 is 1.65 bits per heavy atom. The summed E-state index contributed by atoms with van der Waals surface area (Å²) in [5.41, 5.74) is 1.63. The molecule has 0 bridgehead atoms. The van der Waals surface area contributed by atoms with Crippen LogP contribution in [0.25, 0.3) is 0 Å². The lowest BCUT2D eigenvalue weighted by atomic mass is 9.98. The summed E-state index contributed by atoms with van der Waals surface area (Å²) in [6, 6.07) is 16.3. The Kier molecular flexibility index (Phi) is 6.80. The maximum absolute atomic E-state index is 12.5. The molecule has 1 unspecified atom stereocenters. The maximum atomic E-state index is 12.5. The number of methoxy groups -OCH3 is 1. The summed E-state index contributed by atoms with van der Waals surface area (Å²) in [7, 11) is -1.88. The molecular formula is C20H25NO4S. The number of benzene rings is 2. The lowest BCUT2D eigenvalue weighted by Crippen LogP contribution is -2.35. The van der Waals surface area contributed by atoms with Crippen LogP contribution in [-0.4, -0.2) is 32.9 Å². The van der Waals surface area contributed by atoms with Gasteiger partial charge in [0, 0.05) is 5.56 Å². The minimum atomic E-state index is -3.45. The Balaban J connectivity index is 2.30. The van der Waals surface area contributed by atoms with Crippen LogP contribution < -0.4 is 10.1 Å². The van der Waals surface area contributed by atoms with Crippen molar-refractivity contribution in [3.05, 3.63) is 65.7 Å². The predicted octanol–water partition coefficient (Wildman–Crippen LogP) is 2.97. The Bertz CT molecular complexity index is 832. The van der Waals surface area contributed by atoms with Gasteiger partial charge in [-0.2, -0.15) is 0 Å². The van der Waals surface area contributed by atoms with Gasteiger partial charge in [-0.25, -0.2) is 8.42 Å². The van der Waals surface area contributed by atoms with Crippen molar-refractivity contribution in [1.82, 2.24) is 5.32 Å². The summed E-state index contributed by atoms with van der Waals surface area (Å²) in [6.07, 6.45) is 0. The molecule has 0 fully saturated rings. The predicted molar refractivity (Wildman–Crippen MR) is 103 cm³/mol. The number of nitrogens with one attached hydrogen (secondary N) is 1. The van der Waals surface area contributed by atoms with E-state index in [2.05, 4.69) is 5.32 Å². The van der Waals surface area contributed by atoms with Crippen LogP contribution >= 0.6 is 0 Å². The lowest BCUT2D eigenvalue weighted by Gasteiger charge is -2.22. The summed E-state index contributed by atoms with van der Waals surface area (Å²) in [4.78, 5) is 12.5. The molecule has 5 nitrogen and oxygen atoms in total. The third-order valence-corrected chi connectivity index (χ3v) is 5.70. The number of sulfone groups is 1. The fourth-order valence-corrected chi connectivity index (χ4v) is 4.48. The Labute approximate surface area is 155 Å². The Morgan fingerprint density at radius 1 is 1.04 bits per heavy atom. The number of amides is 1. The topological polar surface area (TPSA) is 72.5 Å². The van der Waals surface area contributed by atoms with Crippen LogP contribution in [0, 0.1) is 5.92 Å². The molecule has 0 saturated carbocycles. The van der Waals surface area contributed by atoms with E-state index in [1.54, 1.807) is 7.11 Å². The molecule has 1 amide bonds. The monoisotopic (exact) mass is 375 g/mol. The summed E-state index contributed by atoms with van der Waals surface area (Å²) in [5.74, 6) is -0.446. The van der Waals surface area contributed by atoms with E-state index in [1.165, 1.54) is 0 Å². The van der Waals surface area contributed by atoms with Crippen molar-refractivity contribution in [2.45, 2.75) is 19.9 Å². The second kappa shape index (κ2) is 8.85. The zero-order valence-electron chi connectivity index (χ0n) is 15.3. The van der Waals surface area contributed by atoms with E-state index in [0.717, 1.165) is 11.1 Å². The van der Waals surface area contributed by atoms with Crippen molar-refractivity contribution in [1.29, 1.82) is 0 Å². The van der Waals surface area contributed by atoms with Crippen LogP contribution in [0.15, 0.2) is 54.6 Å². The molecule has 0 heterocycles. The molecular weight excluding hydrogens is 350 g/mol. The fourth-order valence-electron chi connectivity index (χ4n) is 2.86. The number of carbonyl (C=O) groups is 1. The number of carbonyl (C=O) groups excluding carboxylic acids is 1. The maximum Gasteiger partial charge on any atom is 0.235 e. The third kappa shape index (κ3) is 5.59. The first kappa shape index (κ1) is 20.0. The minimum absolute atomic E-state index is 0.00885. The summed E-state index contributed by atoms with van der Waals surface area (Å²) < 4.78 is 29.7. The first-order valence-corrected chi connectivity index (χ1v) is 10.3. The van der Waals surface area contributed by atoms with Gasteiger partial charge in [0.25, 0.3) is 0 Å². The molecule has 0 aliphatic rings. The van der Waals surface area contributed by atoms with Crippen molar-refractivity contribution >= 4 is 15.7 Å². The highest BCUT2D eigenvalue weighted by Crippen LogP contribution is 2.29. The molecule has 1 atom stereocenters. The SMILES string of the molecule is COc1ccccc1C(NC(=O)CS(=O)(=O)CC(C)C)c1ccccc1. The molecule has 0 aliphatic heterocycles. The molecule has 0 aliphatic carbocycles. The average Bonchev–Trinajstić information content (AvgIpc) is 2.58. The molecule has 2 aromatic carbocycles. The van der Waals surface area contributed by atoms with Gasteiger partial charge in [-0.05, 0) is 17.5 Å². The standard InChI is InChI=1S/C20H25NO4S/c1-15(2)13-26(23,24)14-19(22)21-20(16-9-5-4-6-10-16)17-11-7-8-12-18(17)25-3/h4-12,15,20H,13-14H2,1-3H3,(H,21,22). The average molecular weight is 375 g/mol. The third-order valence-electron chi connectivity index (χ3n) is 3.83. The van der Waals surface area contributed by atoms with E-state index in [0.29, 0.717) is 5.75 Å². The first-order chi connectivity index (χ1) is 12.3. The molecule has 0 saturated heterocycles. The van der Waals surface area contributed by atoms with Gasteiger partial charge in [-0.3, -0.25) is 4.79 Å². The van der Waals surface area contributed by atoms with Gasteiger partial charge < -0.3 is 10.1 Å². The van der Waals surface area contributed by atoms with Crippen molar-refractivity contribution in [2.75, 3.05) is 18.6 Å². The number of hydrogen-bond acceptors (Lipinski definition) is 4. The molecule has 140 valence electrons. The number of rotatable bonds is 8. The van der Waals surface area contributed by atoms with E-state index in [4.69, 9.17) is 4.74 Å². The molecule has 2 rings (SSSR count). The Hall–Kier alpha value is -2.34. The minimum Gasteiger partial charge on any atom is -0.496 e. The Morgan fingerprint density at radius 3 is 2.27 bits per heavy atom. The fraction of sp³-hybridized carbons (Fsp3) is 0.350. The zero-order chi connectivity index (χ0) is 19.2. The second-order valence-corrected chi connectivity index (χ2v) is 8.71. The zero-order valence-corrected chi connectivity index (χ0v) is 16.1. The van der Waals surface area contributed by atoms with Crippen molar-refractivity contribution in [3.8, 4) is 5.75 Å². The summed E-state index contributed by atoms with van der Waals surface area (Å²) in [6.45, 7) is 3.63. The largest absolute Gasteiger partial charge is 0.496 e. The lowest BCUT2D eigenvalue weighted by molar-refractivity contribution is -0.119. The van der Waals surface area contributed by atoms with Crippen LogP contribution in [0.1, 0.15) is 31.0 Å². The van der Waals surface area contributed by atoms with Crippen molar-refractivity contribution < 1.29 is 17.9 Å². The van der Waals surface area contributed by atoms with E-state index >= 15 is 0 Å². The highest BCUT2D eigenvalue weighted by Gasteiger charge is 2.24. The van der Waals surface area contributed by atoms with Crippen LogP contribution in [0.3, 0.4) is 0 Å². The quantitative estimate of drug-likeness (QED) is 0.770. The van der Waals surface area contributed by atoms with Crippen LogP contribution in [-0.2, 0) is 14.6 Å². The molecule has 0 aromatic heterocycles. The first-order valence-electron chi connectivity index (χ1n) is 8.50.